The van der Waals surface area contributed by atoms with Crippen molar-refractivity contribution in [2.45, 2.75) is 97.2 Å². The summed E-state index contributed by atoms with van der Waals surface area (Å²) in [6, 6.07) is 6.84. The number of esters is 1. The summed E-state index contributed by atoms with van der Waals surface area (Å²) in [5.74, 6) is -4.20. The molecule has 28 nitrogen and oxygen atoms in total. The van der Waals surface area contributed by atoms with Gasteiger partial charge in [-0.3, -0.25) is 24.0 Å². The van der Waals surface area contributed by atoms with Crippen molar-refractivity contribution in [1.29, 1.82) is 0 Å². The van der Waals surface area contributed by atoms with Crippen LogP contribution in [0.25, 0.3) is 32.7 Å². The maximum absolute atomic E-state index is 15.4. The number of nitrogens with one attached hydrogen (secondary N) is 4. The molecule has 3 aliphatic rings. The second-order valence-corrected chi connectivity index (χ2v) is 21.8. The molecule has 1 aliphatic carbocycles. The number of cyclic esters (lactones) is 1. The van der Waals surface area contributed by atoms with Crippen LogP contribution in [-0.4, -0.2) is 189 Å². The first kappa shape index (κ1) is 70.9. The van der Waals surface area contributed by atoms with Crippen molar-refractivity contribution in [3.05, 3.63) is 102 Å². The van der Waals surface area contributed by atoms with E-state index in [-0.39, 0.29) is 75.2 Å². The first-order valence-electron chi connectivity index (χ1n) is 30.7. The van der Waals surface area contributed by atoms with Crippen LogP contribution in [0.3, 0.4) is 0 Å². The number of carbonyl (C=O) groups is 6. The lowest BCUT2D eigenvalue weighted by atomic mass is 9.82. The van der Waals surface area contributed by atoms with E-state index < -0.39 is 65.1 Å². The summed E-state index contributed by atoms with van der Waals surface area (Å²) >= 11 is 0. The molecule has 4 aromatic rings. The third-order valence-corrected chi connectivity index (χ3v) is 15.1. The van der Waals surface area contributed by atoms with Gasteiger partial charge in [-0.05, 0) is 97.5 Å². The van der Waals surface area contributed by atoms with Gasteiger partial charge in [-0.1, -0.05) is 31.1 Å². The van der Waals surface area contributed by atoms with Crippen LogP contribution in [0.2, 0.25) is 0 Å². The Kier molecular flexibility index (Phi) is 29.4. The number of amides is 4. The number of ether oxygens (including phenoxy) is 11. The summed E-state index contributed by atoms with van der Waals surface area (Å²) < 4.78 is 76.7. The second kappa shape index (κ2) is 37.7. The number of fused-ring (bicyclic) bond motifs is 5. The number of aryl methyl sites for hydroxylation is 1. The molecule has 7 rings (SSSR count). The maximum Gasteiger partial charge on any atom is 0.407 e. The van der Waals surface area contributed by atoms with Crippen molar-refractivity contribution in [1.82, 2.24) is 25.5 Å². The van der Waals surface area contributed by atoms with E-state index in [1.807, 2.05) is 0 Å². The van der Waals surface area contributed by atoms with Gasteiger partial charge in [0.25, 0.3) is 11.3 Å². The van der Waals surface area contributed by atoms with Gasteiger partial charge in [0.1, 0.15) is 31.1 Å². The number of rotatable bonds is 43. The van der Waals surface area contributed by atoms with Gasteiger partial charge in [-0.2, -0.15) is 0 Å². The summed E-state index contributed by atoms with van der Waals surface area (Å²) in [6.07, 6.45) is 1.47. The van der Waals surface area contributed by atoms with Crippen LogP contribution in [0.1, 0.15) is 95.7 Å². The number of nitrogens with two attached hydrogens (primary N) is 1. The minimum absolute atomic E-state index is 0.00916. The number of pyridine rings is 2. The highest BCUT2D eigenvalue weighted by atomic mass is 19.1. The van der Waals surface area contributed by atoms with Crippen molar-refractivity contribution in [3.8, 4) is 11.4 Å². The molecule has 2 aliphatic heterocycles. The molecule has 3 atom stereocenters. The van der Waals surface area contributed by atoms with Gasteiger partial charge in [0.15, 0.2) is 0 Å². The molecular weight excluding hydrogens is 1190 g/mol. The Morgan fingerprint density at radius 2 is 1.35 bits per heavy atom. The van der Waals surface area contributed by atoms with Crippen LogP contribution in [-0.2, 0) is 97.5 Å². The zero-order valence-corrected chi connectivity index (χ0v) is 51.8. The van der Waals surface area contributed by atoms with Gasteiger partial charge >= 0.3 is 12.1 Å². The van der Waals surface area contributed by atoms with E-state index in [1.54, 1.807) is 45.0 Å². The Morgan fingerprint density at radius 3 is 1.92 bits per heavy atom. The first-order chi connectivity index (χ1) is 44.2. The molecule has 91 heavy (non-hydrogen) atoms. The first-order valence-corrected chi connectivity index (χ1v) is 30.7. The summed E-state index contributed by atoms with van der Waals surface area (Å²) in [6.45, 7) is 12.3. The Balaban J connectivity index is 0.754. The molecule has 29 heteroatoms. The normalized spacial score (nSPS) is 14.5. The monoisotopic (exact) mass is 1270 g/mol. The number of Topliss-reactive ketones (excluding diaryl/α,β-unsaturated/α-hetero) is 1. The Labute approximate surface area is 525 Å². The zero-order valence-electron chi connectivity index (χ0n) is 51.8. The van der Waals surface area contributed by atoms with Gasteiger partial charge in [0.05, 0.1) is 154 Å². The van der Waals surface area contributed by atoms with E-state index in [1.165, 1.54) is 16.7 Å². The van der Waals surface area contributed by atoms with Crippen LogP contribution in [0, 0.1) is 18.7 Å². The van der Waals surface area contributed by atoms with Crippen LogP contribution < -0.4 is 32.6 Å². The van der Waals surface area contributed by atoms with Gasteiger partial charge in [-0.15, -0.1) is 0 Å². The van der Waals surface area contributed by atoms with E-state index >= 15 is 4.39 Å². The minimum atomic E-state index is -1.07. The van der Waals surface area contributed by atoms with Crippen molar-refractivity contribution in [2.24, 2.45) is 16.8 Å². The molecule has 4 amide bonds. The van der Waals surface area contributed by atoms with Gasteiger partial charge in [-0.25, -0.2) is 19.0 Å². The lowest BCUT2D eigenvalue weighted by Gasteiger charge is -2.29. The largest absolute Gasteiger partial charge is 0.455 e. The van der Waals surface area contributed by atoms with E-state index in [4.69, 9.17) is 68.4 Å². The number of hydrogen-bond acceptors (Lipinski definition) is 21. The second-order valence-electron chi connectivity index (χ2n) is 21.8. The van der Waals surface area contributed by atoms with Crippen LogP contribution in [0.4, 0.5) is 14.9 Å². The molecule has 0 saturated heterocycles. The van der Waals surface area contributed by atoms with Crippen molar-refractivity contribution >= 4 is 52.2 Å². The van der Waals surface area contributed by atoms with E-state index in [0.717, 1.165) is 5.56 Å². The SMILES string of the molecule is Cc1c(F)cc2nc3c(c4c2c1CC[C@@H]4NC(=O)OCc1ccc(NC(=O)[C@H](CCCCN)NC(=O)[C@@H](NC(=O)CCOCCOCCOCCOCCOCCOCCOCCOCCOCCN=[N+]=[N-])C(C)C)cc1)Cn1c-3cc2c(c1=O)COC(=O)C2=O. The maximum atomic E-state index is 15.4. The Morgan fingerprint density at radius 1 is 0.769 bits per heavy atom. The number of halogens is 1. The zero-order chi connectivity index (χ0) is 64.9. The third-order valence-electron chi connectivity index (χ3n) is 15.1. The van der Waals surface area contributed by atoms with Crippen LogP contribution in [0.15, 0.2) is 46.3 Å². The number of benzene rings is 2. The summed E-state index contributed by atoms with van der Waals surface area (Å²) in [5.41, 5.74) is 17.8. The molecule has 2 aromatic heterocycles. The molecule has 0 unspecified atom stereocenters. The molecule has 0 saturated carbocycles. The predicted octanol–water partition coefficient (Wildman–Crippen LogP) is 4.57. The highest BCUT2D eigenvalue weighted by molar-refractivity contribution is 6.41. The topological polar surface area (TPSA) is 362 Å². The van der Waals surface area contributed by atoms with Gasteiger partial charge in [0.2, 0.25) is 17.7 Å². The van der Waals surface area contributed by atoms with Crippen LogP contribution in [0.5, 0.6) is 0 Å². The van der Waals surface area contributed by atoms with Crippen molar-refractivity contribution in [3.63, 3.8) is 0 Å². The summed E-state index contributed by atoms with van der Waals surface area (Å²) in [7, 11) is 0. The standard InChI is InChI=1S/C62H83FN10O18/c1-39(2)55(71-52(74)13-16-81-18-20-83-22-24-85-26-28-87-30-32-89-33-31-88-29-27-86-25-23-84-21-19-82-17-15-66-72-65)59(77)69-49(6-4-5-14-64)58(76)67-42-9-7-41(8-10-42)37-91-62(80)70-48-12-11-43-40(3)47(63)35-50-53(43)54(48)45-36-73-51(56(45)68-50)34-44-46(60(73)78)38-90-61(79)57(44)75/h7-10,34-35,39,48-49,55H,4-6,11-33,36-38,64H2,1-3H3,(H,67,76)(H,69,77)(H,70,80)(H,71,74)/t48-,49-,55-/m0/s1. The molecule has 2 aromatic carbocycles. The Bertz CT molecular complexity index is 3220. The average molecular weight is 1280 g/mol. The molecule has 0 spiro atoms. The number of alkyl carbamates (subject to hydrolysis) is 1. The number of unbranched alkanes of at least 4 members (excludes halogenated alkanes) is 1. The third kappa shape index (κ3) is 21.3. The fourth-order valence-corrected chi connectivity index (χ4v) is 10.4. The molecule has 0 radical (unpaired) electrons. The number of anilines is 1. The lowest BCUT2D eigenvalue weighted by molar-refractivity contribution is -0.140. The number of hydrogen-bond donors (Lipinski definition) is 5. The van der Waals surface area contributed by atoms with E-state index in [9.17, 15) is 33.6 Å². The quantitative estimate of drug-likeness (QED) is 0.00891. The molecule has 0 fully saturated rings. The van der Waals surface area contributed by atoms with Crippen LogP contribution >= 0.6 is 0 Å². The smallest absolute Gasteiger partial charge is 0.407 e. The highest BCUT2D eigenvalue weighted by Gasteiger charge is 2.38. The lowest BCUT2D eigenvalue weighted by Crippen LogP contribution is -2.54. The predicted molar refractivity (Wildman–Crippen MR) is 326 cm³/mol. The van der Waals surface area contributed by atoms with Crippen molar-refractivity contribution in [2.75, 3.05) is 137 Å². The Hall–Kier alpha value is -7.54. The molecule has 496 valence electrons. The summed E-state index contributed by atoms with van der Waals surface area (Å²) in [5, 5.41) is 15.5. The highest BCUT2D eigenvalue weighted by Crippen LogP contribution is 2.45. The molecule has 6 N–H and O–H groups in total. The number of carbonyl (C=O) groups excluding carboxylic acids is 6. The van der Waals surface area contributed by atoms with E-state index in [2.05, 4.69) is 31.3 Å². The minimum Gasteiger partial charge on any atom is -0.455 e. The van der Waals surface area contributed by atoms with E-state index in [0.29, 0.717) is 182 Å². The fourth-order valence-electron chi connectivity index (χ4n) is 10.4. The molecular formula is C62H83FN10O18. The van der Waals surface area contributed by atoms with Gasteiger partial charge < -0.3 is 83.7 Å². The number of nitrogens with zero attached hydrogens (tertiary/aromatic N) is 5. The molecule has 0 bridgehead atoms. The number of ketones is 1. The average Bonchev–Trinajstić information content (AvgIpc) is 1.64. The fraction of sp³-hybridized carbons (Fsp3) is 0.581. The van der Waals surface area contributed by atoms with Crippen molar-refractivity contribution < 1.29 is 85.3 Å². The molecule has 4 heterocycles. The number of aromatic nitrogens is 2. The summed E-state index contributed by atoms with van der Waals surface area (Å²) in [4.78, 5) is 100. The number of azide groups is 1. The van der Waals surface area contributed by atoms with Gasteiger partial charge in [0, 0.05) is 46.1 Å².